The van der Waals surface area contributed by atoms with Gasteiger partial charge in [0.2, 0.25) is 5.91 Å². The van der Waals surface area contributed by atoms with Crippen LogP contribution in [0.25, 0.3) is 22.2 Å². The first-order valence-corrected chi connectivity index (χ1v) is 8.99. The summed E-state index contributed by atoms with van der Waals surface area (Å²) in [5.41, 5.74) is 2.65. The van der Waals surface area contributed by atoms with Crippen molar-refractivity contribution >= 4 is 22.6 Å². The molecule has 6 nitrogen and oxygen atoms in total. The maximum absolute atomic E-state index is 12.0. The Labute approximate surface area is 152 Å². The van der Waals surface area contributed by atoms with Crippen molar-refractivity contribution in [2.24, 2.45) is 5.92 Å². The first-order valence-electron chi connectivity index (χ1n) is 8.99. The quantitative estimate of drug-likeness (QED) is 0.700. The number of hydrogen-bond acceptors (Lipinski definition) is 4. The third-order valence-electron chi connectivity index (χ3n) is 4.38. The van der Waals surface area contributed by atoms with E-state index in [2.05, 4.69) is 20.5 Å². The second-order valence-corrected chi connectivity index (χ2v) is 7.07. The predicted octanol–water partition coefficient (Wildman–Crippen LogP) is 4.15. The van der Waals surface area contributed by atoms with E-state index >= 15 is 0 Å². The molecule has 1 saturated carbocycles. The third-order valence-corrected chi connectivity index (χ3v) is 4.38. The molecule has 0 atom stereocenters. The highest BCUT2D eigenvalue weighted by Crippen LogP contribution is 2.33. The van der Waals surface area contributed by atoms with Gasteiger partial charge in [-0.15, -0.1) is 0 Å². The fourth-order valence-electron chi connectivity index (χ4n) is 2.98. The largest absolute Gasteiger partial charge is 0.491 e. The maximum atomic E-state index is 12.0. The Morgan fingerprint density at radius 2 is 2.15 bits per heavy atom. The zero-order valence-corrected chi connectivity index (χ0v) is 15.0. The summed E-state index contributed by atoms with van der Waals surface area (Å²) in [5, 5.41) is 11.4. The third kappa shape index (κ3) is 3.69. The van der Waals surface area contributed by atoms with Crippen LogP contribution in [0.2, 0.25) is 0 Å². The van der Waals surface area contributed by atoms with E-state index in [-0.39, 0.29) is 12.0 Å². The topological polar surface area (TPSA) is 79.9 Å². The molecule has 6 heteroatoms. The van der Waals surface area contributed by atoms with Crippen molar-refractivity contribution in [1.29, 1.82) is 0 Å². The minimum atomic E-state index is 0.0247. The number of benzene rings is 1. The van der Waals surface area contributed by atoms with Crippen molar-refractivity contribution in [2.45, 2.75) is 39.2 Å². The molecule has 0 spiro atoms. The second kappa shape index (κ2) is 6.78. The lowest BCUT2D eigenvalue weighted by molar-refractivity contribution is -0.116. The first-order chi connectivity index (χ1) is 12.6. The monoisotopic (exact) mass is 350 g/mol. The van der Waals surface area contributed by atoms with Crippen LogP contribution >= 0.6 is 0 Å². The van der Waals surface area contributed by atoms with Crippen LogP contribution in [0.1, 0.15) is 33.1 Å². The van der Waals surface area contributed by atoms with E-state index in [1.54, 1.807) is 6.20 Å². The number of H-pyrrole nitrogens is 1. The van der Waals surface area contributed by atoms with E-state index in [0.717, 1.165) is 40.8 Å². The van der Waals surface area contributed by atoms with Gasteiger partial charge in [-0.1, -0.05) is 0 Å². The molecule has 0 radical (unpaired) electrons. The van der Waals surface area contributed by atoms with Gasteiger partial charge < -0.3 is 10.1 Å². The van der Waals surface area contributed by atoms with Gasteiger partial charge in [-0.05, 0) is 62.9 Å². The highest BCUT2D eigenvalue weighted by Gasteiger charge is 2.24. The number of aromatic nitrogens is 3. The highest BCUT2D eigenvalue weighted by molar-refractivity contribution is 5.95. The smallest absolute Gasteiger partial charge is 0.225 e. The lowest BCUT2D eigenvalue weighted by Crippen LogP contribution is -2.12. The molecule has 0 aliphatic heterocycles. The van der Waals surface area contributed by atoms with Crippen LogP contribution < -0.4 is 10.1 Å². The van der Waals surface area contributed by atoms with Crippen LogP contribution in [0.15, 0.2) is 36.5 Å². The Bertz CT molecular complexity index is 944. The number of nitrogens with zero attached hydrogens (tertiary/aromatic N) is 2. The molecule has 0 unspecified atom stereocenters. The summed E-state index contributed by atoms with van der Waals surface area (Å²) in [6.45, 7) is 4.00. The van der Waals surface area contributed by atoms with Crippen LogP contribution in [-0.4, -0.2) is 27.2 Å². The number of ether oxygens (including phenoxy) is 1. The number of aromatic amines is 1. The molecule has 2 aromatic heterocycles. The fourth-order valence-corrected chi connectivity index (χ4v) is 2.98. The SMILES string of the molecule is CC(C)Oc1ccc2[nH]nc(-c3ccnc(NC(=O)CC4CC4)c3)c2c1. The number of amides is 1. The summed E-state index contributed by atoms with van der Waals surface area (Å²) < 4.78 is 5.79. The van der Waals surface area contributed by atoms with Gasteiger partial charge in [-0.3, -0.25) is 9.89 Å². The zero-order valence-electron chi connectivity index (χ0n) is 15.0. The molecule has 2 heterocycles. The van der Waals surface area contributed by atoms with Crippen molar-refractivity contribution in [3.05, 3.63) is 36.5 Å². The standard InChI is InChI=1S/C20H22N4O2/c1-12(2)26-15-5-6-17-16(11-15)20(24-23-17)14-7-8-21-18(10-14)22-19(25)9-13-3-4-13/h5-8,10-13H,3-4,9H2,1-2H3,(H,23,24)(H,21,22,25). The molecule has 0 saturated heterocycles. The van der Waals surface area contributed by atoms with E-state index < -0.39 is 0 Å². The molecule has 1 amide bonds. The zero-order chi connectivity index (χ0) is 18.1. The van der Waals surface area contributed by atoms with E-state index in [1.807, 2.05) is 44.2 Å². The number of carbonyl (C=O) groups is 1. The predicted molar refractivity (Wildman–Crippen MR) is 101 cm³/mol. The number of rotatable bonds is 6. The minimum Gasteiger partial charge on any atom is -0.491 e. The molecule has 26 heavy (non-hydrogen) atoms. The summed E-state index contributed by atoms with van der Waals surface area (Å²) in [5.74, 6) is 1.94. The number of fused-ring (bicyclic) bond motifs is 1. The van der Waals surface area contributed by atoms with Crippen molar-refractivity contribution in [3.63, 3.8) is 0 Å². The van der Waals surface area contributed by atoms with Crippen molar-refractivity contribution in [3.8, 4) is 17.0 Å². The molecule has 1 aliphatic rings. The number of hydrogen-bond donors (Lipinski definition) is 2. The summed E-state index contributed by atoms with van der Waals surface area (Å²) in [7, 11) is 0. The average molecular weight is 350 g/mol. The molecule has 2 N–H and O–H groups in total. The molecular formula is C20H22N4O2. The van der Waals surface area contributed by atoms with Gasteiger partial charge in [0.05, 0.1) is 11.6 Å². The van der Waals surface area contributed by atoms with Crippen LogP contribution in [0, 0.1) is 5.92 Å². The van der Waals surface area contributed by atoms with Gasteiger partial charge >= 0.3 is 0 Å². The molecule has 1 aliphatic carbocycles. The van der Waals surface area contributed by atoms with Crippen molar-refractivity contribution in [2.75, 3.05) is 5.32 Å². The number of carbonyl (C=O) groups excluding carboxylic acids is 1. The Balaban J connectivity index is 1.62. The van der Waals surface area contributed by atoms with E-state index in [0.29, 0.717) is 18.2 Å². The molecule has 134 valence electrons. The maximum Gasteiger partial charge on any atom is 0.225 e. The van der Waals surface area contributed by atoms with Gasteiger partial charge in [0.15, 0.2) is 0 Å². The Kier molecular flexibility index (Phi) is 4.32. The van der Waals surface area contributed by atoms with Crippen LogP contribution in [0.3, 0.4) is 0 Å². The van der Waals surface area contributed by atoms with Crippen LogP contribution in [-0.2, 0) is 4.79 Å². The van der Waals surface area contributed by atoms with Crippen LogP contribution in [0.5, 0.6) is 5.75 Å². The lowest BCUT2D eigenvalue weighted by atomic mass is 10.1. The van der Waals surface area contributed by atoms with Gasteiger partial charge in [0, 0.05) is 23.6 Å². The Hall–Kier alpha value is -2.89. The van der Waals surface area contributed by atoms with E-state index in [4.69, 9.17) is 4.74 Å². The molecule has 3 aromatic rings. The van der Waals surface area contributed by atoms with Gasteiger partial charge in [0.25, 0.3) is 0 Å². The highest BCUT2D eigenvalue weighted by atomic mass is 16.5. The second-order valence-electron chi connectivity index (χ2n) is 7.07. The van der Waals surface area contributed by atoms with Gasteiger partial charge in [-0.2, -0.15) is 5.10 Å². The average Bonchev–Trinajstić information content (AvgIpc) is 3.30. The van der Waals surface area contributed by atoms with Crippen LogP contribution in [0.4, 0.5) is 5.82 Å². The van der Waals surface area contributed by atoms with E-state index in [9.17, 15) is 4.79 Å². The van der Waals surface area contributed by atoms with E-state index in [1.165, 1.54) is 0 Å². The Morgan fingerprint density at radius 1 is 1.31 bits per heavy atom. The Morgan fingerprint density at radius 3 is 2.92 bits per heavy atom. The fraction of sp³-hybridized carbons (Fsp3) is 0.350. The molecule has 0 bridgehead atoms. The van der Waals surface area contributed by atoms with Gasteiger partial charge in [0.1, 0.15) is 17.3 Å². The minimum absolute atomic E-state index is 0.0247. The normalized spacial score (nSPS) is 14.0. The molecular weight excluding hydrogens is 328 g/mol. The summed E-state index contributed by atoms with van der Waals surface area (Å²) in [4.78, 5) is 16.3. The van der Waals surface area contributed by atoms with Crippen molar-refractivity contribution in [1.82, 2.24) is 15.2 Å². The summed E-state index contributed by atoms with van der Waals surface area (Å²) >= 11 is 0. The number of nitrogens with one attached hydrogen (secondary N) is 2. The first kappa shape index (κ1) is 16.6. The molecule has 1 aromatic carbocycles. The lowest BCUT2D eigenvalue weighted by Gasteiger charge is -2.09. The van der Waals surface area contributed by atoms with Gasteiger partial charge in [-0.25, -0.2) is 4.98 Å². The number of anilines is 1. The summed E-state index contributed by atoms with van der Waals surface area (Å²) in [6, 6.07) is 9.63. The van der Waals surface area contributed by atoms with Crippen molar-refractivity contribution < 1.29 is 9.53 Å². The molecule has 1 fully saturated rings. The molecule has 4 rings (SSSR count). The summed E-state index contributed by atoms with van der Waals surface area (Å²) in [6.07, 6.45) is 4.68. The number of pyridine rings is 1.